The van der Waals surface area contributed by atoms with Crippen LogP contribution in [0, 0.1) is 29.1 Å². The molecule has 0 aromatic heterocycles. The summed E-state index contributed by atoms with van der Waals surface area (Å²) in [5.41, 5.74) is 0.648. The quantitative estimate of drug-likeness (QED) is 0.528. The number of esters is 1. The van der Waals surface area contributed by atoms with Gasteiger partial charge in [-0.1, -0.05) is 19.1 Å². The lowest BCUT2D eigenvalue weighted by molar-refractivity contribution is -0.183. The molecule has 152 valence electrons. The third-order valence-corrected chi connectivity index (χ3v) is 8.60. The standard InChI is InChI=1S/C24H32O4/c1-5-23-11-10-20-19-9-7-18(27)13-17(19)6-8-21(20)22(23)12-14(2)24(23,15(3)25)28-16(4)26/h13,19-22H,2,5-12H2,1,3-4H3/t19-,20+,21+,22-,23-,24-/m0/s1. The summed E-state index contributed by atoms with van der Waals surface area (Å²) in [7, 11) is 0. The number of Topliss-reactive ketones (excluding diaryl/α,β-unsaturated/α-hetero) is 1. The Morgan fingerprint density at radius 2 is 1.93 bits per heavy atom. The molecule has 0 aliphatic heterocycles. The van der Waals surface area contributed by atoms with Crippen molar-refractivity contribution in [3.05, 3.63) is 23.8 Å². The predicted octanol–water partition coefficient (Wildman–Crippen LogP) is 4.58. The normalized spacial score (nSPS) is 42.2. The molecule has 3 fully saturated rings. The second-order valence-electron chi connectivity index (χ2n) is 9.49. The van der Waals surface area contributed by atoms with E-state index in [1.54, 1.807) is 6.92 Å². The molecule has 0 N–H and O–H groups in total. The molecule has 4 rings (SSSR count). The molecule has 4 aliphatic carbocycles. The zero-order chi connectivity index (χ0) is 20.3. The number of allylic oxidation sites excluding steroid dienone is 1. The van der Waals surface area contributed by atoms with Crippen molar-refractivity contribution in [2.45, 2.75) is 77.7 Å². The first-order valence-electron chi connectivity index (χ1n) is 10.9. The molecule has 0 heterocycles. The van der Waals surface area contributed by atoms with Crippen LogP contribution in [-0.4, -0.2) is 23.1 Å². The van der Waals surface area contributed by atoms with Crippen molar-refractivity contribution in [1.29, 1.82) is 0 Å². The summed E-state index contributed by atoms with van der Waals surface area (Å²) in [5, 5.41) is 0. The minimum atomic E-state index is -1.16. The van der Waals surface area contributed by atoms with Gasteiger partial charge in [-0.15, -0.1) is 0 Å². The lowest BCUT2D eigenvalue weighted by Gasteiger charge is -2.56. The van der Waals surface area contributed by atoms with Crippen LogP contribution in [0.1, 0.15) is 72.1 Å². The van der Waals surface area contributed by atoms with Gasteiger partial charge in [0.25, 0.3) is 0 Å². The molecule has 0 aromatic rings. The number of carbonyl (C=O) groups excluding carboxylic acids is 3. The van der Waals surface area contributed by atoms with Crippen LogP contribution in [0.25, 0.3) is 0 Å². The maximum absolute atomic E-state index is 13.0. The smallest absolute Gasteiger partial charge is 0.303 e. The molecule has 0 radical (unpaired) electrons. The van der Waals surface area contributed by atoms with Gasteiger partial charge in [0.1, 0.15) is 0 Å². The lowest BCUT2D eigenvalue weighted by atomic mass is 9.49. The molecule has 0 unspecified atom stereocenters. The summed E-state index contributed by atoms with van der Waals surface area (Å²) in [4.78, 5) is 36.9. The van der Waals surface area contributed by atoms with Gasteiger partial charge >= 0.3 is 5.97 Å². The van der Waals surface area contributed by atoms with E-state index in [9.17, 15) is 14.4 Å². The van der Waals surface area contributed by atoms with Crippen LogP contribution in [-0.2, 0) is 19.1 Å². The molecule has 4 aliphatic rings. The highest BCUT2D eigenvalue weighted by atomic mass is 16.6. The third-order valence-electron chi connectivity index (χ3n) is 8.60. The largest absolute Gasteiger partial charge is 0.446 e. The maximum atomic E-state index is 13.0. The second-order valence-corrected chi connectivity index (χ2v) is 9.49. The minimum Gasteiger partial charge on any atom is -0.446 e. The van der Waals surface area contributed by atoms with Crippen molar-refractivity contribution in [3.63, 3.8) is 0 Å². The van der Waals surface area contributed by atoms with E-state index in [4.69, 9.17) is 4.74 Å². The Balaban J connectivity index is 1.75. The second kappa shape index (κ2) is 6.67. The van der Waals surface area contributed by atoms with Crippen molar-refractivity contribution in [1.82, 2.24) is 0 Å². The van der Waals surface area contributed by atoms with Gasteiger partial charge in [0, 0.05) is 18.8 Å². The highest BCUT2D eigenvalue weighted by Crippen LogP contribution is 2.68. The number of rotatable bonds is 3. The summed E-state index contributed by atoms with van der Waals surface area (Å²) in [6.07, 6.45) is 9.12. The van der Waals surface area contributed by atoms with Crippen LogP contribution in [0.5, 0.6) is 0 Å². The van der Waals surface area contributed by atoms with E-state index >= 15 is 0 Å². The van der Waals surface area contributed by atoms with Crippen molar-refractivity contribution in [2.24, 2.45) is 29.1 Å². The molecule has 0 saturated heterocycles. The number of ether oxygens (including phenoxy) is 1. The van der Waals surface area contributed by atoms with E-state index in [-0.39, 0.29) is 17.0 Å². The van der Waals surface area contributed by atoms with Gasteiger partial charge in [0.2, 0.25) is 0 Å². The molecular formula is C24H32O4. The Bertz CT molecular complexity index is 777. The Morgan fingerprint density at radius 1 is 1.18 bits per heavy atom. The molecule has 0 spiro atoms. The summed E-state index contributed by atoms with van der Waals surface area (Å²) in [6.45, 7) is 9.38. The van der Waals surface area contributed by atoms with Gasteiger partial charge in [-0.3, -0.25) is 14.4 Å². The van der Waals surface area contributed by atoms with Crippen LogP contribution in [0.15, 0.2) is 23.8 Å². The van der Waals surface area contributed by atoms with Gasteiger partial charge in [-0.25, -0.2) is 0 Å². The zero-order valence-corrected chi connectivity index (χ0v) is 17.4. The first kappa shape index (κ1) is 19.6. The fraction of sp³-hybridized carbons (Fsp3) is 0.708. The minimum absolute atomic E-state index is 0.0739. The molecule has 4 heteroatoms. The van der Waals surface area contributed by atoms with E-state index in [1.807, 2.05) is 6.08 Å². The van der Waals surface area contributed by atoms with Gasteiger partial charge in [-0.2, -0.15) is 0 Å². The Hall–Kier alpha value is -1.71. The van der Waals surface area contributed by atoms with Gasteiger partial charge in [0.05, 0.1) is 0 Å². The number of hydrogen-bond acceptors (Lipinski definition) is 4. The molecule has 28 heavy (non-hydrogen) atoms. The van der Waals surface area contributed by atoms with Crippen LogP contribution in [0.3, 0.4) is 0 Å². The Labute approximate surface area is 167 Å². The van der Waals surface area contributed by atoms with E-state index in [1.165, 1.54) is 12.5 Å². The summed E-state index contributed by atoms with van der Waals surface area (Å²) >= 11 is 0. The van der Waals surface area contributed by atoms with Crippen LogP contribution in [0.2, 0.25) is 0 Å². The third kappa shape index (κ3) is 2.45. The highest BCUT2D eigenvalue weighted by Gasteiger charge is 2.69. The van der Waals surface area contributed by atoms with E-state index < -0.39 is 11.6 Å². The fourth-order valence-electron chi connectivity index (χ4n) is 7.69. The summed E-state index contributed by atoms with van der Waals surface area (Å²) in [6, 6.07) is 0. The fourth-order valence-corrected chi connectivity index (χ4v) is 7.69. The number of carbonyl (C=O) groups is 3. The molecule has 0 amide bonds. The topological polar surface area (TPSA) is 60.4 Å². The predicted molar refractivity (Wildman–Crippen MR) is 106 cm³/mol. The van der Waals surface area contributed by atoms with Crippen molar-refractivity contribution >= 4 is 17.5 Å². The molecule has 4 nitrogen and oxygen atoms in total. The zero-order valence-electron chi connectivity index (χ0n) is 17.4. The highest BCUT2D eigenvalue weighted by molar-refractivity contribution is 5.93. The van der Waals surface area contributed by atoms with Gasteiger partial charge < -0.3 is 4.74 Å². The van der Waals surface area contributed by atoms with E-state index in [0.29, 0.717) is 30.1 Å². The molecule has 0 bridgehead atoms. The van der Waals surface area contributed by atoms with E-state index in [0.717, 1.165) is 50.5 Å². The molecular weight excluding hydrogens is 352 g/mol. The number of hydrogen-bond donors (Lipinski definition) is 0. The summed E-state index contributed by atoms with van der Waals surface area (Å²) < 4.78 is 5.89. The average Bonchev–Trinajstić information content (AvgIpc) is 2.90. The lowest BCUT2D eigenvalue weighted by Crippen LogP contribution is -2.59. The summed E-state index contributed by atoms with van der Waals surface area (Å²) in [5.74, 6) is 1.74. The van der Waals surface area contributed by atoms with Crippen molar-refractivity contribution < 1.29 is 19.1 Å². The van der Waals surface area contributed by atoms with Crippen LogP contribution < -0.4 is 0 Å². The van der Waals surface area contributed by atoms with Gasteiger partial charge in [-0.05, 0) is 87.2 Å². The van der Waals surface area contributed by atoms with Crippen molar-refractivity contribution in [3.8, 4) is 0 Å². The SMILES string of the molecule is C=C1C[C@H]2[C@@H]3CCC4=CC(=O)CC[C@@H]4[C@H]3CC[C@]2(CC)[C@@]1(OC(C)=O)C(C)=O. The molecule has 3 saturated carbocycles. The molecule has 0 aromatic carbocycles. The first-order chi connectivity index (χ1) is 13.3. The Morgan fingerprint density at radius 3 is 2.57 bits per heavy atom. The van der Waals surface area contributed by atoms with E-state index in [2.05, 4.69) is 13.5 Å². The monoisotopic (exact) mass is 384 g/mol. The Kier molecular flexibility index (Phi) is 4.67. The van der Waals surface area contributed by atoms with Crippen LogP contribution >= 0.6 is 0 Å². The van der Waals surface area contributed by atoms with Crippen molar-refractivity contribution in [2.75, 3.05) is 0 Å². The number of fused-ring (bicyclic) bond motifs is 5. The number of ketones is 2. The molecule has 6 atom stereocenters. The first-order valence-corrected chi connectivity index (χ1v) is 10.9. The average molecular weight is 385 g/mol. The maximum Gasteiger partial charge on any atom is 0.303 e. The van der Waals surface area contributed by atoms with Crippen LogP contribution in [0.4, 0.5) is 0 Å². The van der Waals surface area contributed by atoms with Gasteiger partial charge in [0.15, 0.2) is 17.2 Å².